The first kappa shape index (κ1) is 22.7. The summed E-state index contributed by atoms with van der Waals surface area (Å²) in [5.41, 5.74) is -1.19. The van der Waals surface area contributed by atoms with Crippen LogP contribution in [-0.4, -0.2) is 13.1 Å². The van der Waals surface area contributed by atoms with Gasteiger partial charge in [-0.15, -0.1) is 0 Å². The molecule has 32 heavy (non-hydrogen) atoms. The Morgan fingerprint density at radius 1 is 1.06 bits per heavy atom. The van der Waals surface area contributed by atoms with Gasteiger partial charge in [-0.2, -0.15) is 13.2 Å². The quantitative estimate of drug-likeness (QED) is 0.563. The van der Waals surface area contributed by atoms with Crippen LogP contribution in [0.5, 0.6) is 17.2 Å². The van der Waals surface area contributed by atoms with Crippen LogP contribution in [0.3, 0.4) is 0 Å². The van der Waals surface area contributed by atoms with Gasteiger partial charge in [0.15, 0.2) is 0 Å². The third kappa shape index (κ3) is 4.63. The third-order valence-corrected chi connectivity index (χ3v) is 6.28. The Hall–Kier alpha value is -2.52. The molecule has 1 N–H and O–H groups in total. The molecule has 4 rings (SSSR count). The van der Waals surface area contributed by atoms with Gasteiger partial charge in [0.2, 0.25) is 11.2 Å². The van der Waals surface area contributed by atoms with Gasteiger partial charge < -0.3 is 19.2 Å². The van der Waals surface area contributed by atoms with E-state index in [0.29, 0.717) is 4.47 Å². The standard InChI is InChI=1S/C23H21BrF3NO4/c24-16-7-3-4-8-18(16)31-21-19(30)14-9-10-17(29)15(13-28-11-5-1-2-6-12-28)20(14)32-22(21)23(25,26)27/h3-4,7-10,29H,1-2,5-6,11-13H2. The van der Waals surface area contributed by atoms with Crippen LogP contribution in [0.2, 0.25) is 0 Å². The predicted molar refractivity (Wildman–Crippen MR) is 114 cm³/mol. The summed E-state index contributed by atoms with van der Waals surface area (Å²) >= 11 is 3.20. The molecule has 1 fully saturated rings. The largest absolute Gasteiger partial charge is 0.872 e. The summed E-state index contributed by atoms with van der Waals surface area (Å²) in [5.74, 6) is -2.91. The molecule has 1 saturated heterocycles. The predicted octanol–water partition coefficient (Wildman–Crippen LogP) is 4.40. The summed E-state index contributed by atoms with van der Waals surface area (Å²) in [6.07, 6.45) is -0.847. The second kappa shape index (κ2) is 9.15. The van der Waals surface area contributed by atoms with E-state index in [1.54, 1.807) is 18.2 Å². The highest BCUT2D eigenvalue weighted by molar-refractivity contribution is 9.10. The van der Waals surface area contributed by atoms with Crippen LogP contribution in [0.4, 0.5) is 13.2 Å². The van der Waals surface area contributed by atoms with Gasteiger partial charge in [-0.05, 0) is 59.8 Å². The molecule has 0 bridgehead atoms. The van der Waals surface area contributed by atoms with E-state index in [9.17, 15) is 23.1 Å². The van der Waals surface area contributed by atoms with Crippen LogP contribution < -0.4 is 20.2 Å². The summed E-state index contributed by atoms with van der Waals surface area (Å²) in [7, 11) is 0. The fourth-order valence-electron chi connectivity index (χ4n) is 4.02. The normalized spacial score (nSPS) is 15.6. The first-order chi connectivity index (χ1) is 15.3. The maximum atomic E-state index is 13.9. The van der Waals surface area contributed by atoms with Gasteiger partial charge in [-0.1, -0.05) is 23.9 Å². The second-order valence-corrected chi connectivity index (χ2v) is 8.73. The summed E-state index contributed by atoms with van der Waals surface area (Å²) in [6.45, 7) is 1.84. The van der Waals surface area contributed by atoms with Crippen LogP contribution >= 0.6 is 15.9 Å². The van der Waals surface area contributed by atoms with E-state index in [1.165, 1.54) is 18.2 Å². The molecule has 0 amide bonds. The second-order valence-electron chi connectivity index (χ2n) is 7.88. The van der Waals surface area contributed by atoms with Crippen LogP contribution in [0.15, 0.2) is 50.1 Å². The van der Waals surface area contributed by atoms with E-state index in [4.69, 9.17) is 9.15 Å². The average molecular weight is 512 g/mol. The molecule has 2 heterocycles. The van der Waals surface area contributed by atoms with Crippen molar-refractivity contribution in [3.05, 3.63) is 62.4 Å². The Labute approximate surface area is 190 Å². The Balaban J connectivity index is 1.87. The minimum absolute atomic E-state index is 0.0410. The van der Waals surface area contributed by atoms with E-state index in [2.05, 4.69) is 15.9 Å². The fourth-order valence-corrected chi connectivity index (χ4v) is 4.38. The number of hydrogen-bond donors (Lipinski definition) is 1. The fraction of sp³-hybridized carbons (Fsp3) is 0.348. The number of nitrogens with one attached hydrogen (secondary N) is 1. The number of likely N-dealkylation sites (tertiary alicyclic amines) is 1. The smallest absolute Gasteiger partial charge is 0.453 e. The molecule has 1 aliphatic rings. The van der Waals surface area contributed by atoms with E-state index >= 15 is 0 Å². The zero-order valence-electron chi connectivity index (χ0n) is 17.1. The highest BCUT2D eigenvalue weighted by Crippen LogP contribution is 2.40. The van der Waals surface area contributed by atoms with Crippen molar-refractivity contribution in [2.24, 2.45) is 0 Å². The van der Waals surface area contributed by atoms with Crippen LogP contribution in [0.25, 0.3) is 11.0 Å². The highest BCUT2D eigenvalue weighted by atomic mass is 79.9. The monoisotopic (exact) mass is 511 g/mol. The number of alkyl halides is 3. The van der Waals surface area contributed by atoms with E-state index in [0.717, 1.165) is 43.7 Å². The van der Waals surface area contributed by atoms with Crippen molar-refractivity contribution in [3.8, 4) is 17.2 Å². The van der Waals surface area contributed by atoms with Gasteiger partial charge in [0.25, 0.3) is 5.76 Å². The maximum absolute atomic E-state index is 13.9. The van der Waals surface area contributed by atoms with Crippen LogP contribution in [0.1, 0.15) is 37.0 Å². The summed E-state index contributed by atoms with van der Waals surface area (Å²) in [4.78, 5) is 14.2. The average Bonchev–Trinajstić information content (AvgIpc) is 3.01. The number of benzene rings is 2. The number of para-hydroxylation sites is 1. The molecular formula is C23H21BrF3NO4. The van der Waals surface area contributed by atoms with Crippen molar-refractivity contribution in [3.63, 3.8) is 0 Å². The Kier molecular flexibility index (Phi) is 6.48. The van der Waals surface area contributed by atoms with Crippen molar-refractivity contribution in [1.82, 2.24) is 0 Å². The van der Waals surface area contributed by atoms with Gasteiger partial charge in [0.1, 0.15) is 17.9 Å². The van der Waals surface area contributed by atoms with Crippen molar-refractivity contribution < 1.29 is 32.3 Å². The molecule has 1 aromatic heterocycles. The molecule has 5 nitrogen and oxygen atoms in total. The van der Waals surface area contributed by atoms with Crippen LogP contribution in [-0.2, 0) is 12.7 Å². The zero-order valence-corrected chi connectivity index (χ0v) is 18.6. The first-order valence-electron chi connectivity index (χ1n) is 10.4. The number of quaternary nitrogens is 1. The van der Waals surface area contributed by atoms with Gasteiger partial charge in [-0.3, -0.25) is 4.79 Å². The Morgan fingerprint density at radius 2 is 1.75 bits per heavy atom. The highest BCUT2D eigenvalue weighted by Gasteiger charge is 2.41. The first-order valence-corrected chi connectivity index (χ1v) is 11.2. The molecule has 9 heteroatoms. The molecular weight excluding hydrogens is 491 g/mol. The van der Waals surface area contributed by atoms with E-state index in [1.807, 2.05) is 0 Å². The lowest BCUT2D eigenvalue weighted by Gasteiger charge is -2.22. The number of rotatable bonds is 4. The number of halogens is 4. The van der Waals surface area contributed by atoms with Crippen molar-refractivity contribution in [2.45, 2.75) is 38.4 Å². The molecule has 0 unspecified atom stereocenters. The van der Waals surface area contributed by atoms with Crippen molar-refractivity contribution >= 4 is 26.9 Å². The lowest BCUT2D eigenvalue weighted by atomic mass is 10.1. The molecule has 2 aromatic carbocycles. The number of hydrogen-bond acceptors (Lipinski definition) is 4. The topological polar surface area (TPSA) is 66.9 Å². The minimum atomic E-state index is -4.99. The number of fused-ring (bicyclic) bond motifs is 1. The van der Waals surface area contributed by atoms with E-state index < -0.39 is 28.9 Å². The Morgan fingerprint density at radius 3 is 2.41 bits per heavy atom. The number of ether oxygens (including phenoxy) is 1. The molecule has 1 aliphatic heterocycles. The SMILES string of the molecule is O=c1c(Oc2ccccc2Br)c(C(F)(F)F)oc2c(C[NH+]3CCCCCC3)c([O-])ccc12. The van der Waals surface area contributed by atoms with Crippen LogP contribution in [0, 0.1) is 0 Å². The molecule has 170 valence electrons. The van der Waals surface area contributed by atoms with Crippen molar-refractivity contribution in [1.29, 1.82) is 0 Å². The summed E-state index contributed by atoms with van der Waals surface area (Å²) in [6, 6.07) is 8.67. The van der Waals surface area contributed by atoms with E-state index in [-0.39, 0.29) is 28.8 Å². The lowest BCUT2D eigenvalue weighted by Crippen LogP contribution is -3.10. The van der Waals surface area contributed by atoms with Gasteiger partial charge in [0, 0.05) is 5.56 Å². The van der Waals surface area contributed by atoms with Gasteiger partial charge in [0.05, 0.1) is 22.9 Å². The Bertz CT molecular complexity index is 1180. The molecule has 3 aromatic rings. The minimum Gasteiger partial charge on any atom is -0.872 e. The molecule has 0 saturated carbocycles. The molecule has 0 radical (unpaired) electrons. The zero-order chi connectivity index (χ0) is 22.9. The summed E-state index contributed by atoms with van der Waals surface area (Å²) in [5, 5.41) is 12.5. The maximum Gasteiger partial charge on any atom is 0.453 e. The summed E-state index contributed by atoms with van der Waals surface area (Å²) < 4.78 is 52.7. The molecule has 0 atom stereocenters. The third-order valence-electron chi connectivity index (χ3n) is 5.62. The van der Waals surface area contributed by atoms with Crippen molar-refractivity contribution in [2.75, 3.05) is 13.1 Å². The van der Waals surface area contributed by atoms with Gasteiger partial charge in [-0.25, -0.2) is 0 Å². The lowest BCUT2D eigenvalue weighted by molar-refractivity contribution is -0.913. The van der Waals surface area contributed by atoms with Gasteiger partial charge >= 0.3 is 6.18 Å². The molecule has 0 aliphatic carbocycles. The molecule has 0 spiro atoms.